The first-order valence-corrected chi connectivity index (χ1v) is 11.1. The number of ketones is 1. The average Bonchev–Trinajstić information content (AvgIpc) is 3.42. The number of aromatic amines is 1. The molecular formula is C24H17ClN4OS. The zero-order valence-corrected chi connectivity index (χ0v) is 17.9. The van der Waals surface area contributed by atoms with E-state index in [0.29, 0.717) is 15.7 Å². The summed E-state index contributed by atoms with van der Waals surface area (Å²) in [5.41, 5.74) is 3.56. The van der Waals surface area contributed by atoms with Crippen LogP contribution in [-0.2, 0) is 0 Å². The lowest BCUT2D eigenvalue weighted by Crippen LogP contribution is -2.04. The second-order valence-electron chi connectivity index (χ2n) is 6.94. The fraction of sp³-hybridized carbons (Fsp3) is 0.0417. The number of Topliss-reactive ketones (excluding diaryl/α,β-unsaturated/α-hetero) is 1. The number of hydrogen-bond acceptors (Lipinski definition) is 4. The van der Waals surface area contributed by atoms with Crippen molar-refractivity contribution in [2.45, 2.75) is 5.16 Å². The van der Waals surface area contributed by atoms with Crippen LogP contribution in [0.25, 0.3) is 28.0 Å². The zero-order valence-electron chi connectivity index (χ0n) is 16.3. The maximum Gasteiger partial charge on any atom is 0.196 e. The van der Waals surface area contributed by atoms with Crippen molar-refractivity contribution >= 4 is 40.0 Å². The first-order chi connectivity index (χ1) is 15.2. The average molecular weight is 445 g/mol. The van der Waals surface area contributed by atoms with Gasteiger partial charge in [0, 0.05) is 38.9 Å². The predicted molar refractivity (Wildman–Crippen MR) is 125 cm³/mol. The standard InChI is InChI=1S/C24H17ClN4OS/c25-17-12-10-16(11-13-17)22(30)15-31-24-28-27-23(29(24)18-6-2-1-3-7-18)20-14-26-21-9-5-4-8-19(20)21/h1-14,26H,15H2. The summed E-state index contributed by atoms with van der Waals surface area (Å²) in [4.78, 5) is 16.0. The fourth-order valence-electron chi connectivity index (χ4n) is 3.45. The van der Waals surface area contributed by atoms with Crippen LogP contribution in [0.3, 0.4) is 0 Å². The number of carbonyl (C=O) groups is 1. The van der Waals surface area contributed by atoms with Crippen molar-refractivity contribution in [2.75, 3.05) is 5.75 Å². The lowest BCUT2D eigenvalue weighted by molar-refractivity contribution is 0.102. The summed E-state index contributed by atoms with van der Waals surface area (Å²) < 4.78 is 2.00. The van der Waals surface area contributed by atoms with Crippen LogP contribution in [0, 0.1) is 0 Å². The van der Waals surface area contributed by atoms with E-state index in [4.69, 9.17) is 11.6 Å². The van der Waals surface area contributed by atoms with Gasteiger partial charge in [0.05, 0.1) is 5.75 Å². The highest BCUT2D eigenvalue weighted by Crippen LogP contribution is 2.32. The normalized spacial score (nSPS) is 11.1. The van der Waals surface area contributed by atoms with E-state index in [0.717, 1.165) is 28.0 Å². The van der Waals surface area contributed by atoms with Crippen molar-refractivity contribution < 1.29 is 4.79 Å². The molecule has 0 aliphatic rings. The SMILES string of the molecule is O=C(CSc1nnc(-c2c[nH]c3ccccc23)n1-c1ccccc1)c1ccc(Cl)cc1. The molecule has 5 rings (SSSR count). The molecule has 7 heteroatoms. The van der Waals surface area contributed by atoms with Crippen LogP contribution in [0.5, 0.6) is 0 Å². The second-order valence-corrected chi connectivity index (χ2v) is 8.32. The van der Waals surface area contributed by atoms with Gasteiger partial charge in [0.1, 0.15) is 0 Å². The minimum atomic E-state index is 0.0120. The smallest absolute Gasteiger partial charge is 0.196 e. The van der Waals surface area contributed by atoms with Gasteiger partial charge < -0.3 is 4.98 Å². The summed E-state index contributed by atoms with van der Waals surface area (Å²) in [6.45, 7) is 0. The van der Waals surface area contributed by atoms with Crippen molar-refractivity contribution in [3.8, 4) is 17.1 Å². The maximum atomic E-state index is 12.7. The van der Waals surface area contributed by atoms with Crippen molar-refractivity contribution in [1.82, 2.24) is 19.7 Å². The Kier molecular flexibility index (Phi) is 5.32. The van der Waals surface area contributed by atoms with Crippen LogP contribution < -0.4 is 0 Å². The van der Waals surface area contributed by atoms with Crippen molar-refractivity contribution in [3.05, 3.63) is 95.6 Å². The van der Waals surface area contributed by atoms with Crippen LogP contribution in [0.15, 0.2) is 90.2 Å². The molecule has 0 saturated carbocycles. The molecule has 0 amide bonds. The van der Waals surface area contributed by atoms with Gasteiger partial charge in [-0.3, -0.25) is 9.36 Å². The number of thioether (sulfide) groups is 1. The molecule has 0 aliphatic heterocycles. The molecule has 0 fully saturated rings. The molecule has 152 valence electrons. The number of fused-ring (bicyclic) bond motifs is 1. The van der Waals surface area contributed by atoms with Crippen LogP contribution >= 0.6 is 23.4 Å². The summed E-state index contributed by atoms with van der Waals surface area (Å²) in [5, 5.41) is 11.3. The number of nitrogens with zero attached hydrogens (tertiary/aromatic N) is 3. The monoisotopic (exact) mass is 444 g/mol. The molecule has 0 saturated heterocycles. The predicted octanol–water partition coefficient (Wildman–Crippen LogP) is 6.04. The molecule has 0 atom stereocenters. The Labute approximate surface area is 188 Å². The minimum absolute atomic E-state index is 0.0120. The van der Waals surface area contributed by atoms with Gasteiger partial charge in [-0.2, -0.15) is 0 Å². The lowest BCUT2D eigenvalue weighted by Gasteiger charge is -2.10. The van der Waals surface area contributed by atoms with E-state index in [1.807, 2.05) is 59.3 Å². The van der Waals surface area contributed by atoms with E-state index in [9.17, 15) is 4.79 Å². The number of benzene rings is 3. The number of H-pyrrole nitrogens is 1. The molecule has 2 aromatic heterocycles. The van der Waals surface area contributed by atoms with E-state index in [1.54, 1.807) is 24.3 Å². The summed E-state index contributed by atoms with van der Waals surface area (Å²) in [6, 6.07) is 24.9. The van der Waals surface area contributed by atoms with Gasteiger partial charge in [-0.1, -0.05) is 59.8 Å². The molecule has 0 spiro atoms. The van der Waals surface area contributed by atoms with Gasteiger partial charge in [-0.25, -0.2) is 0 Å². The van der Waals surface area contributed by atoms with Gasteiger partial charge in [-0.05, 0) is 42.5 Å². The molecule has 1 N–H and O–H groups in total. The molecule has 5 nitrogen and oxygen atoms in total. The number of para-hydroxylation sites is 2. The van der Waals surface area contributed by atoms with E-state index in [2.05, 4.69) is 21.2 Å². The molecule has 0 radical (unpaired) electrons. The second kappa shape index (κ2) is 8.41. The summed E-state index contributed by atoms with van der Waals surface area (Å²) in [7, 11) is 0. The fourth-order valence-corrected chi connectivity index (χ4v) is 4.43. The number of halogens is 1. The van der Waals surface area contributed by atoms with E-state index in [1.165, 1.54) is 11.8 Å². The Morgan fingerprint density at radius 2 is 1.68 bits per heavy atom. The van der Waals surface area contributed by atoms with Gasteiger partial charge >= 0.3 is 0 Å². The highest BCUT2D eigenvalue weighted by Gasteiger charge is 2.19. The Hall–Kier alpha value is -3.35. The molecule has 31 heavy (non-hydrogen) atoms. The van der Waals surface area contributed by atoms with Crippen LogP contribution in [-0.4, -0.2) is 31.3 Å². The van der Waals surface area contributed by atoms with Crippen molar-refractivity contribution in [1.29, 1.82) is 0 Å². The van der Waals surface area contributed by atoms with Crippen LogP contribution in [0.2, 0.25) is 5.02 Å². The molecule has 0 unspecified atom stereocenters. The minimum Gasteiger partial charge on any atom is -0.360 e. The molecule has 3 aromatic carbocycles. The number of nitrogens with one attached hydrogen (secondary N) is 1. The van der Waals surface area contributed by atoms with Gasteiger partial charge in [-0.15, -0.1) is 10.2 Å². The van der Waals surface area contributed by atoms with Crippen molar-refractivity contribution in [3.63, 3.8) is 0 Å². The summed E-state index contributed by atoms with van der Waals surface area (Å²) in [5.74, 6) is 0.989. The Bertz CT molecular complexity index is 1360. The Morgan fingerprint density at radius 3 is 2.48 bits per heavy atom. The van der Waals surface area contributed by atoms with Gasteiger partial charge in [0.25, 0.3) is 0 Å². The number of carbonyl (C=O) groups excluding carboxylic acids is 1. The van der Waals surface area contributed by atoms with Crippen molar-refractivity contribution in [2.24, 2.45) is 0 Å². The van der Waals surface area contributed by atoms with Crippen LogP contribution in [0.1, 0.15) is 10.4 Å². The van der Waals surface area contributed by atoms with Gasteiger partial charge in [0.2, 0.25) is 0 Å². The molecule has 0 bridgehead atoms. The quantitative estimate of drug-likeness (QED) is 0.256. The first kappa shape index (κ1) is 19.6. The number of hydrogen-bond donors (Lipinski definition) is 1. The topological polar surface area (TPSA) is 63.6 Å². The Morgan fingerprint density at radius 1 is 0.935 bits per heavy atom. The van der Waals surface area contributed by atoms with E-state index >= 15 is 0 Å². The third-order valence-electron chi connectivity index (χ3n) is 4.98. The molecule has 0 aliphatic carbocycles. The van der Waals surface area contributed by atoms with Gasteiger partial charge in [0.15, 0.2) is 16.8 Å². The summed E-state index contributed by atoms with van der Waals surface area (Å²) >= 11 is 7.30. The zero-order chi connectivity index (χ0) is 21.2. The van der Waals surface area contributed by atoms with E-state index < -0.39 is 0 Å². The third kappa shape index (κ3) is 3.87. The molecule has 5 aromatic rings. The summed E-state index contributed by atoms with van der Waals surface area (Å²) in [6.07, 6.45) is 1.95. The highest BCUT2D eigenvalue weighted by molar-refractivity contribution is 7.99. The first-order valence-electron chi connectivity index (χ1n) is 9.69. The third-order valence-corrected chi connectivity index (χ3v) is 6.16. The van der Waals surface area contributed by atoms with E-state index in [-0.39, 0.29) is 11.5 Å². The number of aromatic nitrogens is 4. The molecular weight excluding hydrogens is 428 g/mol. The Balaban J connectivity index is 1.52. The molecule has 2 heterocycles. The van der Waals surface area contributed by atoms with Crippen LogP contribution in [0.4, 0.5) is 0 Å². The lowest BCUT2D eigenvalue weighted by atomic mass is 10.1. The maximum absolute atomic E-state index is 12.7. The highest BCUT2D eigenvalue weighted by atomic mass is 35.5. The number of rotatable bonds is 6. The largest absolute Gasteiger partial charge is 0.360 e.